The van der Waals surface area contributed by atoms with E-state index in [-0.39, 0.29) is 44.8 Å². The van der Waals surface area contributed by atoms with Crippen molar-refractivity contribution < 1.29 is 53.1 Å². The molecule has 0 saturated carbocycles. The Morgan fingerprint density at radius 3 is 1.76 bits per heavy atom. The van der Waals surface area contributed by atoms with Crippen LogP contribution in [-0.2, 0) is 42.9 Å². The summed E-state index contributed by atoms with van der Waals surface area (Å²) in [7, 11) is 0. The maximum Gasteiger partial charge on any atom is 0.326 e. The second-order valence-electron chi connectivity index (χ2n) is 8.06. The summed E-state index contributed by atoms with van der Waals surface area (Å²) >= 11 is 0. The third kappa shape index (κ3) is 24.8. The number of carboxylic acids is 2. The molecule has 214 valence electrons. The molecule has 0 fully saturated rings. The van der Waals surface area contributed by atoms with E-state index in [0.717, 1.165) is 19.3 Å². The first-order valence-electron chi connectivity index (χ1n) is 12.6. The topological polar surface area (TPSA) is 187 Å². The predicted molar refractivity (Wildman–Crippen MR) is 131 cm³/mol. The predicted octanol–water partition coefficient (Wildman–Crippen LogP) is 0.533. The number of amides is 2. The summed E-state index contributed by atoms with van der Waals surface area (Å²) in [6, 6.07) is -1.09. The van der Waals surface area contributed by atoms with E-state index in [4.69, 9.17) is 29.2 Å². The number of hydrogen-bond donors (Lipinski definition) is 4. The second-order valence-corrected chi connectivity index (χ2v) is 8.06. The van der Waals surface area contributed by atoms with Crippen molar-refractivity contribution >= 4 is 30.0 Å². The maximum absolute atomic E-state index is 11.7. The highest BCUT2D eigenvalue weighted by molar-refractivity contribution is 5.83. The molecule has 0 saturated heterocycles. The number of carbonyl (C=O) groups is 5. The maximum atomic E-state index is 11.7. The molecule has 0 aliphatic heterocycles. The minimum Gasteiger partial charge on any atom is -0.481 e. The van der Waals surface area contributed by atoms with Gasteiger partial charge >= 0.3 is 11.9 Å². The summed E-state index contributed by atoms with van der Waals surface area (Å²) in [6.07, 6.45) is 4.35. The average Bonchev–Trinajstić information content (AvgIpc) is 2.85. The summed E-state index contributed by atoms with van der Waals surface area (Å²) in [5, 5.41) is 22.7. The first-order valence-corrected chi connectivity index (χ1v) is 12.6. The Morgan fingerprint density at radius 2 is 1.22 bits per heavy atom. The third-order valence-electron chi connectivity index (χ3n) is 4.91. The minimum absolute atomic E-state index is 0.00778. The Balaban J connectivity index is 3.37. The van der Waals surface area contributed by atoms with Crippen LogP contribution in [0.15, 0.2) is 0 Å². The van der Waals surface area contributed by atoms with Gasteiger partial charge in [0.25, 0.3) is 0 Å². The molecule has 0 aliphatic rings. The number of aliphatic carboxylic acids is 2. The number of nitrogens with one attached hydrogen (secondary N) is 2. The molecule has 0 bridgehead atoms. The minimum atomic E-state index is -1.18. The standard InChI is InChI=1S/C24H42N2O11/c27-11-5-6-20(24(32)33)26-22(29)9-12-34-14-16-36-18-19-37-17-15-35-13-10-25-21(28)7-3-1-2-4-8-23(30)31/h11,20H,1-10,12-19H2,(H,25,28)(H,26,29)(H,30,31)(H,32,33). The Bertz CT molecular complexity index is 646. The van der Waals surface area contributed by atoms with Crippen molar-refractivity contribution in [2.45, 2.75) is 63.8 Å². The van der Waals surface area contributed by atoms with Gasteiger partial charge in [-0.2, -0.15) is 0 Å². The first-order chi connectivity index (χ1) is 17.9. The fourth-order valence-corrected chi connectivity index (χ4v) is 2.95. The van der Waals surface area contributed by atoms with E-state index < -0.39 is 23.9 Å². The monoisotopic (exact) mass is 534 g/mol. The molecular weight excluding hydrogens is 492 g/mol. The Labute approximate surface area is 217 Å². The van der Waals surface area contributed by atoms with E-state index in [1.165, 1.54) is 0 Å². The summed E-state index contributed by atoms with van der Waals surface area (Å²) < 4.78 is 21.4. The van der Waals surface area contributed by atoms with Gasteiger partial charge in [0, 0.05) is 32.2 Å². The number of unbranched alkanes of at least 4 members (excludes halogenated alkanes) is 3. The summed E-state index contributed by atoms with van der Waals surface area (Å²) in [4.78, 5) is 55.1. The molecule has 4 N–H and O–H groups in total. The zero-order chi connectivity index (χ0) is 27.6. The van der Waals surface area contributed by atoms with E-state index in [9.17, 15) is 24.0 Å². The molecule has 2 amide bonds. The molecule has 0 radical (unpaired) electrons. The van der Waals surface area contributed by atoms with Crippen molar-refractivity contribution in [1.82, 2.24) is 10.6 Å². The number of carbonyl (C=O) groups excluding carboxylic acids is 3. The lowest BCUT2D eigenvalue weighted by atomic mass is 10.1. The lowest BCUT2D eigenvalue weighted by Gasteiger charge is -2.13. The van der Waals surface area contributed by atoms with Crippen LogP contribution in [0.4, 0.5) is 0 Å². The fourth-order valence-electron chi connectivity index (χ4n) is 2.95. The van der Waals surface area contributed by atoms with Gasteiger partial charge in [0.1, 0.15) is 12.3 Å². The van der Waals surface area contributed by atoms with Crippen LogP contribution in [0.5, 0.6) is 0 Å². The van der Waals surface area contributed by atoms with E-state index in [2.05, 4.69) is 10.6 Å². The van der Waals surface area contributed by atoms with Crippen LogP contribution in [0.1, 0.15) is 57.8 Å². The molecule has 0 aromatic rings. The SMILES string of the molecule is O=CCCC(NC(=O)CCOCCOCCOCCOCCNC(=O)CCCCCCC(=O)O)C(=O)O. The lowest BCUT2D eigenvalue weighted by molar-refractivity contribution is -0.142. The zero-order valence-electron chi connectivity index (χ0n) is 21.5. The molecule has 0 rings (SSSR count). The molecule has 1 atom stereocenters. The average molecular weight is 535 g/mol. The Morgan fingerprint density at radius 1 is 0.676 bits per heavy atom. The Kier molecular flexibility index (Phi) is 23.3. The highest BCUT2D eigenvalue weighted by atomic mass is 16.6. The van der Waals surface area contributed by atoms with Crippen LogP contribution < -0.4 is 10.6 Å². The van der Waals surface area contributed by atoms with Gasteiger partial charge in [-0.3, -0.25) is 14.4 Å². The molecular formula is C24H42N2O11. The van der Waals surface area contributed by atoms with Gasteiger partial charge in [-0.05, 0) is 19.3 Å². The van der Waals surface area contributed by atoms with Crippen LogP contribution in [0.2, 0.25) is 0 Å². The number of ether oxygens (including phenoxy) is 4. The summed E-state index contributed by atoms with van der Waals surface area (Å²) in [6.45, 7) is 3.06. The third-order valence-corrected chi connectivity index (χ3v) is 4.91. The smallest absolute Gasteiger partial charge is 0.326 e. The van der Waals surface area contributed by atoms with E-state index in [1.807, 2.05) is 0 Å². The molecule has 1 unspecified atom stereocenters. The van der Waals surface area contributed by atoms with Crippen LogP contribution in [0, 0.1) is 0 Å². The molecule has 37 heavy (non-hydrogen) atoms. The van der Waals surface area contributed by atoms with Gasteiger partial charge in [-0.1, -0.05) is 12.8 Å². The van der Waals surface area contributed by atoms with Crippen LogP contribution in [-0.4, -0.2) is 106 Å². The van der Waals surface area contributed by atoms with Gasteiger partial charge in [-0.15, -0.1) is 0 Å². The number of rotatable bonds is 27. The lowest BCUT2D eigenvalue weighted by Crippen LogP contribution is -2.41. The number of hydrogen-bond acceptors (Lipinski definition) is 9. The molecule has 0 aromatic carbocycles. The quantitative estimate of drug-likeness (QED) is 0.0850. The van der Waals surface area contributed by atoms with Gasteiger partial charge in [0.2, 0.25) is 11.8 Å². The number of carboxylic acid groups (broad SMARTS) is 2. The molecule has 0 aliphatic carbocycles. The summed E-state index contributed by atoms with van der Waals surface area (Å²) in [5.41, 5.74) is 0. The van der Waals surface area contributed by atoms with Gasteiger partial charge < -0.3 is 44.6 Å². The van der Waals surface area contributed by atoms with Crippen molar-refractivity contribution in [3.8, 4) is 0 Å². The largest absolute Gasteiger partial charge is 0.481 e. The molecule has 0 aromatic heterocycles. The van der Waals surface area contributed by atoms with Gasteiger partial charge in [0.05, 0.1) is 52.9 Å². The van der Waals surface area contributed by atoms with E-state index >= 15 is 0 Å². The molecule has 13 heteroatoms. The van der Waals surface area contributed by atoms with Crippen molar-refractivity contribution in [2.75, 3.05) is 59.4 Å². The highest BCUT2D eigenvalue weighted by Gasteiger charge is 2.18. The van der Waals surface area contributed by atoms with Gasteiger partial charge in [0.15, 0.2) is 0 Å². The van der Waals surface area contributed by atoms with Crippen molar-refractivity contribution in [3.63, 3.8) is 0 Å². The fraction of sp³-hybridized carbons (Fsp3) is 0.792. The second kappa shape index (κ2) is 25.1. The van der Waals surface area contributed by atoms with Crippen LogP contribution in [0.25, 0.3) is 0 Å². The first kappa shape index (κ1) is 34.4. The molecule has 13 nitrogen and oxygen atoms in total. The molecule has 0 heterocycles. The number of aldehydes is 1. The van der Waals surface area contributed by atoms with Crippen LogP contribution in [0.3, 0.4) is 0 Å². The molecule has 0 spiro atoms. The van der Waals surface area contributed by atoms with Crippen LogP contribution >= 0.6 is 0 Å². The van der Waals surface area contributed by atoms with E-state index in [0.29, 0.717) is 65.3 Å². The highest BCUT2D eigenvalue weighted by Crippen LogP contribution is 2.05. The van der Waals surface area contributed by atoms with Crippen molar-refractivity contribution in [2.24, 2.45) is 0 Å². The summed E-state index contributed by atoms with van der Waals surface area (Å²) in [5.74, 6) is -2.47. The Hall–Kier alpha value is -2.61. The van der Waals surface area contributed by atoms with E-state index in [1.54, 1.807) is 0 Å². The van der Waals surface area contributed by atoms with Gasteiger partial charge in [-0.25, -0.2) is 4.79 Å². The zero-order valence-corrected chi connectivity index (χ0v) is 21.5. The van der Waals surface area contributed by atoms with Crippen molar-refractivity contribution in [1.29, 1.82) is 0 Å². The van der Waals surface area contributed by atoms with Crippen molar-refractivity contribution in [3.05, 3.63) is 0 Å². The normalized spacial score (nSPS) is 11.6.